The lowest BCUT2D eigenvalue weighted by atomic mass is 9.92. The molecule has 0 aliphatic carbocycles. The van der Waals surface area contributed by atoms with Gasteiger partial charge in [-0.05, 0) is 24.3 Å². The average Bonchev–Trinajstić information content (AvgIpc) is 2.63. The first-order valence-corrected chi connectivity index (χ1v) is 6.08. The lowest BCUT2D eigenvalue weighted by Gasteiger charge is -2.34. The first-order chi connectivity index (χ1) is 8.06. The van der Waals surface area contributed by atoms with Crippen molar-refractivity contribution in [3.63, 3.8) is 0 Å². The molecule has 1 fully saturated rings. The number of carboxylic acids is 1. The van der Waals surface area contributed by atoms with Gasteiger partial charge in [-0.1, -0.05) is 13.8 Å². The topological polar surface area (TPSA) is 53.7 Å². The molecule has 4 heteroatoms. The fourth-order valence-electron chi connectivity index (χ4n) is 2.78. The maximum Gasteiger partial charge on any atom is 0.339 e. The Labute approximate surface area is 101 Å². The number of aromatic carboxylic acids is 1. The third kappa shape index (κ3) is 2.88. The van der Waals surface area contributed by atoms with Gasteiger partial charge in [0.25, 0.3) is 0 Å². The van der Waals surface area contributed by atoms with Gasteiger partial charge in [-0.3, -0.25) is 4.90 Å². The molecule has 1 aromatic heterocycles. The van der Waals surface area contributed by atoms with Crippen LogP contribution in [0.2, 0.25) is 0 Å². The molecular weight excluding hydrogens is 218 g/mol. The van der Waals surface area contributed by atoms with Crippen LogP contribution < -0.4 is 0 Å². The quantitative estimate of drug-likeness (QED) is 0.877. The van der Waals surface area contributed by atoms with E-state index in [1.807, 2.05) is 0 Å². The van der Waals surface area contributed by atoms with Crippen molar-refractivity contribution in [2.75, 3.05) is 13.1 Å². The minimum atomic E-state index is -0.910. The standard InChI is InChI=1S/C13H19NO3/c1-9-5-10(2)7-14(6-9)8-12-11(13(15)16)3-4-17-12/h3-4,9-10H,5-8H2,1-2H3,(H,15,16). The van der Waals surface area contributed by atoms with E-state index in [0.717, 1.165) is 13.1 Å². The SMILES string of the molecule is CC1CC(C)CN(Cc2occc2C(=O)O)C1. The summed E-state index contributed by atoms with van der Waals surface area (Å²) in [5.41, 5.74) is 0.288. The maximum absolute atomic E-state index is 11.0. The zero-order valence-electron chi connectivity index (χ0n) is 10.3. The highest BCUT2D eigenvalue weighted by molar-refractivity contribution is 5.88. The molecule has 0 bridgehead atoms. The predicted octanol–water partition coefficient (Wildman–Crippen LogP) is 2.46. The number of carboxylic acid groups (broad SMARTS) is 1. The van der Waals surface area contributed by atoms with Crippen LogP contribution in [0.25, 0.3) is 0 Å². The molecule has 1 aliphatic heterocycles. The number of furan rings is 1. The molecule has 2 unspecified atom stereocenters. The molecule has 0 amide bonds. The fraction of sp³-hybridized carbons (Fsp3) is 0.615. The predicted molar refractivity (Wildman–Crippen MR) is 63.9 cm³/mol. The van der Waals surface area contributed by atoms with E-state index in [2.05, 4.69) is 18.7 Å². The lowest BCUT2D eigenvalue weighted by Crippen LogP contribution is -2.38. The van der Waals surface area contributed by atoms with Crippen LogP contribution in [0.5, 0.6) is 0 Å². The van der Waals surface area contributed by atoms with Crippen LogP contribution in [0.1, 0.15) is 36.4 Å². The molecular formula is C13H19NO3. The van der Waals surface area contributed by atoms with Crippen molar-refractivity contribution in [1.29, 1.82) is 0 Å². The normalized spacial score (nSPS) is 26.0. The smallest absolute Gasteiger partial charge is 0.339 e. The Morgan fingerprint density at radius 1 is 1.47 bits per heavy atom. The minimum Gasteiger partial charge on any atom is -0.478 e. The van der Waals surface area contributed by atoms with Gasteiger partial charge >= 0.3 is 5.97 Å². The van der Waals surface area contributed by atoms with Crippen molar-refractivity contribution in [2.45, 2.75) is 26.8 Å². The van der Waals surface area contributed by atoms with Crippen LogP contribution in [-0.4, -0.2) is 29.1 Å². The Hall–Kier alpha value is -1.29. The molecule has 0 spiro atoms. The highest BCUT2D eigenvalue weighted by Crippen LogP contribution is 2.23. The molecule has 94 valence electrons. The minimum absolute atomic E-state index is 0.288. The first kappa shape index (κ1) is 12.2. The van der Waals surface area contributed by atoms with Crippen molar-refractivity contribution >= 4 is 5.97 Å². The third-order valence-corrected chi connectivity index (χ3v) is 3.29. The summed E-state index contributed by atoms with van der Waals surface area (Å²) in [4.78, 5) is 13.3. The van der Waals surface area contributed by atoms with Crippen LogP contribution >= 0.6 is 0 Å². The molecule has 0 aromatic carbocycles. The van der Waals surface area contributed by atoms with Gasteiger partial charge in [0.15, 0.2) is 0 Å². The van der Waals surface area contributed by atoms with E-state index in [1.165, 1.54) is 18.8 Å². The van der Waals surface area contributed by atoms with Gasteiger partial charge in [0.2, 0.25) is 0 Å². The molecule has 1 aromatic rings. The number of piperidine rings is 1. The van der Waals surface area contributed by atoms with Crippen LogP contribution in [0.4, 0.5) is 0 Å². The van der Waals surface area contributed by atoms with Crippen molar-refractivity contribution in [3.05, 3.63) is 23.7 Å². The highest BCUT2D eigenvalue weighted by atomic mass is 16.4. The second kappa shape index (κ2) is 4.92. The maximum atomic E-state index is 11.0. The Kier molecular flexibility index (Phi) is 3.52. The number of carbonyl (C=O) groups is 1. The van der Waals surface area contributed by atoms with Crippen LogP contribution in [-0.2, 0) is 6.54 Å². The van der Waals surface area contributed by atoms with Crippen LogP contribution in [0.3, 0.4) is 0 Å². The summed E-state index contributed by atoms with van der Waals surface area (Å²) in [6.45, 7) is 7.11. The monoisotopic (exact) mass is 237 g/mol. The zero-order valence-corrected chi connectivity index (χ0v) is 10.3. The summed E-state index contributed by atoms with van der Waals surface area (Å²) in [5, 5.41) is 9.01. The van der Waals surface area contributed by atoms with Crippen molar-refractivity contribution in [3.8, 4) is 0 Å². The van der Waals surface area contributed by atoms with Gasteiger partial charge in [0.05, 0.1) is 12.8 Å². The van der Waals surface area contributed by atoms with Gasteiger partial charge in [-0.15, -0.1) is 0 Å². The van der Waals surface area contributed by atoms with E-state index in [0.29, 0.717) is 24.1 Å². The fourth-order valence-corrected chi connectivity index (χ4v) is 2.78. The summed E-state index contributed by atoms with van der Waals surface area (Å²) in [6, 6.07) is 1.52. The Bertz CT molecular complexity index is 389. The summed E-state index contributed by atoms with van der Waals surface area (Å²) < 4.78 is 5.28. The first-order valence-electron chi connectivity index (χ1n) is 6.08. The van der Waals surface area contributed by atoms with Gasteiger partial charge in [-0.25, -0.2) is 4.79 Å². The Morgan fingerprint density at radius 2 is 2.12 bits per heavy atom. The molecule has 4 nitrogen and oxygen atoms in total. The van der Waals surface area contributed by atoms with Gasteiger partial charge in [0, 0.05) is 13.1 Å². The molecule has 0 radical (unpaired) electrons. The number of rotatable bonds is 3. The van der Waals surface area contributed by atoms with Crippen LogP contribution in [0.15, 0.2) is 16.7 Å². The third-order valence-electron chi connectivity index (χ3n) is 3.29. The van der Waals surface area contributed by atoms with Gasteiger partial charge < -0.3 is 9.52 Å². The summed E-state index contributed by atoms with van der Waals surface area (Å²) >= 11 is 0. The number of likely N-dealkylation sites (tertiary alicyclic amines) is 1. The Balaban J connectivity index is 2.05. The van der Waals surface area contributed by atoms with E-state index in [-0.39, 0.29) is 5.56 Å². The average molecular weight is 237 g/mol. The van der Waals surface area contributed by atoms with Gasteiger partial charge in [-0.2, -0.15) is 0 Å². The molecule has 2 rings (SSSR count). The van der Waals surface area contributed by atoms with Crippen LogP contribution in [0, 0.1) is 11.8 Å². The molecule has 1 N–H and O–H groups in total. The number of hydrogen-bond acceptors (Lipinski definition) is 3. The molecule has 0 saturated carbocycles. The molecule has 17 heavy (non-hydrogen) atoms. The zero-order chi connectivity index (χ0) is 12.4. The summed E-state index contributed by atoms with van der Waals surface area (Å²) in [6.07, 6.45) is 2.70. The van der Waals surface area contributed by atoms with E-state index < -0.39 is 5.97 Å². The molecule has 2 heterocycles. The van der Waals surface area contributed by atoms with Crippen molar-refractivity contribution in [1.82, 2.24) is 4.90 Å². The number of hydrogen-bond donors (Lipinski definition) is 1. The molecule has 1 aliphatic rings. The lowest BCUT2D eigenvalue weighted by molar-refractivity contribution is 0.0689. The summed E-state index contributed by atoms with van der Waals surface area (Å²) in [5.74, 6) is 0.995. The Morgan fingerprint density at radius 3 is 2.71 bits per heavy atom. The van der Waals surface area contributed by atoms with E-state index in [9.17, 15) is 4.79 Å². The highest BCUT2D eigenvalue weighted by Gasteiger charge is 2.24. The van der Waals surface area contributed by atoms with E-state index in [1.54, 1.807) is 0 Å². The summed E-state index contributed by atoms with van der Waals surface area (Å²) in [7, 11) is 0. The van der Waals surface area contributed by atoms with Gasteiger partial charge in [0.1, 0.15) is 11.3 Å². The largest absolute Gasteiger partial charge is 0.478 e. The van der Waals surface area contributed by atoms with Crippen molar-refractivity contribution in [2.24, 2.45) is 11.8 Å². The molecule has 1 saturated heterocycles. The van der Waals surface area contributed by atoms with E-state index in [4.69, 9.17) is 9.52 Å². The number of nitrogens with zero attached hydrogens (tertiary/aromatic N) is 1. The second-order valence-corrected chi connectivity index (χ2v) is 5.20. The second-order valence-electron chi connectivity index (χ2n) is 5.20. The van der Waals surface area contributed by atoms with Crippen molar-refractivity contribution < 1.29 is 14.3 Å². The molecule has 2 atom stereocenters. The van der Waals surface area contributed by atoms with E-state index >= 15 is 0 Å².